The summed E-state index contributed by atoms with van der Waals surface area (Å²) >= 11 is 0. The number of aliphatic carboxylic acids is 1. The van der Waals surface area contributed by atoms with Crippen LogP contribution in [0.15, 0.2) is 24.3 Å². The van der Waals surface area contributed by atoms with Crippen LogP contribution in [0.4, 0.5) is 5.69 Å². The van der Waals surface area contributed by atoms with Gasteiger partial charge < -0.3 is 10.4 Å². The summed E-state index contributed by atoms with van der Waals surface area (Å²) < 4.78 is 1.51. The van der Waals surface area contributed by atoms with Crippen molar-refractivity contribution in [1.82, 2.24) is 20.2 Å². The van der Waals surface area contributed by atoms with E-state index < -0.39 is 18.3 Å². The van der Waals surface area contributed by atoms with E-state index in [2.05, 4.69) is 20.8 Å². The number of nitrogens with zero attached hydrogens (tertiary/aromatic N) is 4. The van der Waals surface area contributed by atoms with Crippen LogP contribution in [0.5, 0.6) is 0 Å². The Balaban J connectivity index is 2.18. The Morgan fingerprint density at radius 1 is 1.42 bits per heavy atom. The van der Waals surface area contributed by atoms with Crippen molar-refractivity contribution >= 4 is 17.6 Å². The lowest BCUT2D eigenvalue weighted by Crippen LogP contribution is -2.16. The minimum absolute atomic E-state index is 0.485. The van der Waals surface area contributed by atoms with Gasteiger partial charge in [0.05, 0.1) is 5.69 Å². The molecule has 8 heteroatoms. The molecule has 1 amide bonds. The first-order chi connectivity index (χ1) is 9.06. The maximum absolute atomic E-state index is 11.3. The van der Waals surface area contributed by atoms with Crippen molar-refractivity contribution in [1.29, 1.82) is 0 Å². The molecule has 0 aliphatic carbocycles. The summed E-state index contributed by atoms with van der Waals surface area (Å²) in [5, 5.41) is 22.1. The molecule has 2 N–H and O–H groups in total. The van der Waals surface area contributed by atoms with E-state index >= 15 is 0 Å². The second-order valence-electron chi connectivity index (χ2n) is 3.81. The Labute approximate surface area is 108 Å². The van der Waals surface area contributed by atoms with Crippen LogP contribution >= 0.6 is 0 Å². The highest BCUT2D eigenvalue weighted by atomic mass is 16.4. The van der Waals surface area contributed by atoms with Crippen molar-refractivity contribution in [2.75, 3.05) is 5.32 Å². The van der Waals surface area contributed by atoms with Gasteiger partial charge in [-0.05, 0) is 35.5 Å². The van der Waals surface area contributed by atoms with E-state index in [0.29, 0.717) is 17.2 Å². The lowest BCUT2D eigenvalue weighted by atomic mass is 10.2. The van der Waals surface area contributed by atoms with Gasteiger partial charge in [0.15, 0.2) is 5.82 Å². The van der Waals surface area contributed by atoms with Crippen molar-refractivity contribution in [2.45, 2.75) is 13.3 Å². The Morgan fingerprint density at radius 3 is 2.84 bits per heavy atom. The normalized spacial score (nSPS) is 10.2. The molecule has 0 saturated heterocycles. The van der Waals surface area contributed by atoms with E-state index in [1.807, 2.05) is 0 Å². The molecule has 0 unspecified atom stereocenters. The number of tetrazole rings is 1. The van der Waals surface area contributed by atoms with E-state index in [9.17, 15) is 9.59 Å². The molecule has 2 aromatic rings. The largest absolute Gasteiger partial charge is 0.481 e. The maximum atomic E-state index is 11.3. The Kier molecular flexibility index (Phi) is 3.51. The summed E-state index contributed by atoms with van der Waals surface area (Å²) in [6, 6.07) is 6.80. The standard InChI is InChI=1S/C11H11N5O3/c1-7-13-14-15-16(7)9-4-2-3-8(5-9)12-10(17)6-11(18)19/h2-5H,6H2,1H3,(H,12,17)(H,18,19). The summed E-state index contributed by atoms with van der Waals surface area (Å²) in [5.41, 5.74) is 1.16. The van der Waals surface area contributed by atoms with Gasteiger partial charge in [0.1, 0.15) is 6.42 Å². The molecule has 1 heterocycles. The summed E-state index contributed by atoms with van der Waals surface area (Å²) in [7, 11) is 0. The zero-order chi connectivity index (χ0) is 13.8. The minimum Gasteiger partial charge on any atom is -0.481 e. The molecule has 1 aromatic carbocycles. The van der Waals surface area contributed by atoms with Crippen LogP contribution in [0.2, 0.25) is 0 Å². The zero-order valence-corrected chi connectivity index (χ0v) is 10.1. The van der Waals surface area contributed by atoms with Gasteiger partial charge >= 0.3 is 5.97 Å². The quantitative estimate of drug-likeness (QED) is 0.770. The fourth-order valence-electron chi connectivity index (χ4n) is 1.53. The molecule has 98 valence electrons. The van der Waals surface area contributed by atoms with E-state index in [1.165, 1.54) is 4.68 Å². The van der Waals surface area contributed by atoms with E-state index in [1.54, 1.807) is 31.2 Å². The molecular weight excluding hydrogens is 250 g/mol. The number of rotatable bonds is 4. The fraction of sp³-hybridized carbons (Fsp3) is 0.182. The SMILES string of the molecule is Cc1nnnn1-c1cccc(NC(=O)CC(=O)O)c1. The molecule has 0 aliphatic rings. The number of hydrogen-bond acceptors (Lipinski definition) is 5. The molecule has 0 fully saturated rings. The first-order valence-electron chi connectivity index (χ1n) is 5.43. The second-order valence-corrected chi connectivity index (χ2v) is 3.81. The molecule has 19 heavy (non-hydrogen) atoms. The third kappa shape index (κ3) is 3.12. The van der Waals surface area contributed by atoms with Crippen molar-refractivity contribution in [2.24, 2.45) is 0 Å². The van der Waals surface area contributed by atoms with Crippen molar-refractivity contribution < 1.29 is 14.7 Å². The van der Waals surface area contributed by atoms with Crippen LogP contribution in [0.3, 0.4) is 0 Å². The van der Waals surface area contributed by atoms with Crippen molar-refractivity contribution in [3.8, 4) is 5.69 Å². The van der Waals surface area contributed by atoms with E-state index in [-0.39, 0.29) is 0 Å². The number of carboxylic acids is 1. The fourth-order valence-corrected chi connectivity index (χ4v) is 1.53. The highest BCUT2D eigenvalue weighted by Crippen LogP contribution is 2.14. The molecule has 0 spiro atoms. The van der Waals surface area contributed by atoms with Gasteiger partial charge in [0.2, 0.25) is 5.91 Å². The molecular formula is C11H11N5O3. The average molecular weight is 261 g/mol. The summed E-state index contributed by atoms with van der Waals surface area (Å²) in [6.45, 7) is 1.75. The summed E-state index contributed by atoms with van der Waals surface area (Å²) in [5.74, 6) is -1.16. The predicted octanol–water partition coefficient (Wildman–Crippen LogP) is 0.384. The van der Waals surface area contributed by atoms with Gasteiger partial charge in [0, 0.05) is 5.69 Å². The number of nitrogens with one attached hydrogen (secondary N) is 1. The third-order valence-corrected chi connectivity index (χ3v) is 2.31. The number of amides is 1. The lowest BCUT2D eigenvalue weighted by molar-refractivity contribution is -0.139. The number of carboxylic acid groups (broad SMARTS) is 1. The van der Waals surface area contributed by atoms with Crippen LogP contribution in [-0.4, -0.2) is 37.2 Å². The van der Waals surface area contributed by atoms with Crippen molar-refractivity contribution in [3.63, 3.8) is 0 Å². The van der Waals surface area contributed by atoms with Crippen LogP contribution < -0.4 is 5.32 Å². The van der Waals surface area contributed by atoms with Crippen LogP contribution in [0.1, 0.15) is 12.2 Å². The smallest absolute Gasteiger partial charge is 0.312 e. The van der Waals surface area contributed by atoms with Crippen molar-refractivity contribution in [3.05, 3.63) is 30.1 Å². The van der Waals surface area contributed by atoms with Gasteiger partial charge in [0.25, 0.3) is 0 Å². The highest BCUT2D eigenvalue weighted by Gasteiger charge is 2.09. The Morgan fingerprint density at radius 2 is 2.21 bits per heavy atom. The topological polar surface area (TPSA) is 110 Å². The van der Waals surface area contributed by atoms with Crippen LogP contribution in [0, 0.1) is 6.92 Å². The molecule has 0 radical (unpaired) electrons. The number of carbonyl (C=O) groups is 2. The van der Waals surface area contributed by atoms with Gasteiger partial charge in [-0.15, -0.1) is 5.10 Å². The van der Waals surface area contributed by atoms with Gasteiger partial charge in [-0.1, -0.05) is 6.07 Å². The zero-order valence-electron chi connectivity index (χ0n) is 10.1. The van der Waals surface area contributed by atoms with E-state index in [4.69, 9.17) is 5.11 Å². The first-order valence-corrected chi connectivity index (χ1v) is 5.43. The molecule has 1 aromatic heterocycles. The highest BCUT2D eigenvalue weighted by molar-refractivity contribution is 6.01. The monoisotopic (exact) mass is 261 g/mol. The Hall–Kier alpha value is -2.77. The predicted molar refractivity (Wildman–Crippen MR) is 64.8 cm³/mol. The van der Waals surface area contributed by atoms with Crippen LogP contribution in [-0.2, 0) is 9.59 Å². The van der Waals surface area contributed by atoms with E-state index in [0.717, 1.165) is 0 Å². The first kappa shape index (κ1) is 12.7. The maximum Gasteiger partial charge on any atom is 0.312 e. The van der Waals surface area contributed by atoms with Gasteiger partial charge in [-0.2, -0.15) is 4.68 Å². The number of aryl methyl sites for hydroxylation is 1. The Bertz CT molecular complexity index is 622. The van der Waals surface area contributed by atoms with Gasteiger partial charge in [-0.3, -0.25) is 9.59 Å². The number of hydrogen-bond donors (Lipinski definition) is 2. The van der Waals surface area contributed by atoms with Crippen LogP contribution in [0.25, 0.3) is 5.69 Å². The summed E-state index contributed by atoms with van der Waals surface area (Å²) in [6.07, 6.45) is -0.575. The molecule has 2 rings (SSSR count). The number of aromatic nitrogens is 4. The minimum atomic E-state index is -1.18. The molecule has 0 aliphatic heterocycles. The molecule has 0 bridgehead atoms. The molecule has 0 saturated carbocycles. The summed E-state index contributed by atoms with van der Waals surface area (Å²) in [4.78, 5) is 21.8. The number of anilines is 1. The average Bonchev–Trinajstić information content (AvgIpc) is 2.74. The van der Waals surface area contributed by atoms with Gasteiger partial charge in [-0.25, -0.2) is 0 Å². The molecule has 0 atom stereocenters. The number of carbonyl (C=O) groups excluding carboxylic acids is 1. The number of benzene rings is 1. The second kappa shape index (κ2) is 5.25. The molecule has 8 nitrogen and oxygen atoms in total. The third-order valence-electron chi connectivity index (χ3n) is 2.31. The lowest BCUT2D eigenvalue weighted by Gasteiger charge is -2.06.